The van der Waals surface area contributed by atoms with Crippen LogP contribution in [0, 0.1) is 0 Å². The summed E-state index contributed by atoms with van der Waals surface area (Å²) in [7, 11) is 0. The van der Waals surface area contributed by atoms with Gasteiger partial charge in [-0.05, 0) is 0 Å². The van der Waals surface area contributed by atoms with Crippen molar-refractivity contribution in [1.82, 2.24) is 25.1 Å². The summed E-state index contributed by atoms with van der Waals surface area (Å²) in [6.45, 7) is 6.87. The third kappa shape index (κ3) is 2.94. The lowest BCUT2D eigenvalue weighted by atomic mass is 10.1. The monoisotopic (exact) mass is 303 g/mol. The SMILES string of the molecule is CC(C)c1ncc(CN2CCN3C(=O)CNC(=O)C3C2)cn1. The molecule has 3 rings (SSSR count). The third-order valence-electron chi connectivity index (χ3n) is 4.15. The van der Waals surface area contributed by atoms with Gasteiger partial charge in [-0.2, -0.15) is 0 Å². The van der Waals surface area contributed by atoms with Gasteiger partial charge in [-0.1, -0.05) is 13.8 Å². The number of hydrogen-bond acceptors (Lipinski definition) is 5. The number of rotatable bonds is 3. The van der Waals surface area contributed by atoms with Crippen LogP contribution in [0.15, 0.2) is 12.4 Å². The molecule has 0 aliphatic carbocycles. The number of aromatic nitrogens is 2. The minimum Gasteiger partial charge on any atom is -0.345 e. The Morgan fingerprint density at radius 3 is 2.68 bits per heavy atom. The first-order valence-corrected chi connectivity index (χ1v) is 7.65. The van der Waals surface area contributed by atoms with Crippen LogP contribution >= 0.6 is 0 Å². The lowest BCUT2D eigenvalue weighted by molar-refractivity contribution is -0.149. The number of fused-ring (bicyclic) bond motifs is 1. The number of carbonyl (C=O) groups is 2. The quantitative estimate of drug-likeness (QED) is 0.832. The Hall–Kier alpha value is -2.02. The van der Waals surface area contributed by atoms with Crippen LogP contribution in [0.3, 0.4) is 0 Å². The summed E-state index contributed by atoms with van der Waals surface area (Å²) in [5.74, 6) is 1.10. The maximum Gasteiger partial charge on any atom is 0.244 e. The molecular weight excluding hydrogens is 282 g/mol. The zero-order valence-corrected chi connectivity index (χ0v) is 13.0. The van der Waals surface area contributed by atoms with Gasteiger partial charge in [0.05, 0.1) is 6.54 Å². The Balaban J connectivity index is 1.64. The molecule has 0 aromatic carbocycles. The molecule has 2 aliphatic rings. The summed E-state index contributed by atoms with van der Waals surface area (Å²) in [6, 6.07) is -0.370. The van der Waals surface area contributed by atoms with Crippen molar-refractivity contribution in [2.24, 2.45) is 0 Å². The molecule has 2 aliphatic heterocycles. The predicted molar refractivity (Wildman–Crippen MR) is 79.9 cm³/mol. The van der Waals surface area contributed by atoms with Crippen molar-refractivity contribution in [2.45, 2.75) is 32.4 Å². The average molecular weight is 303 g/mol. The highest BCUT2D eigenvalue weighted by atomic mass is 16.2. The average Bonchev–Trinajstić information content (AvgIpc) is 2.52. The van der Waals surface area contributed by atoms with Crippen molar-refractivity contribution < 1.29 is 9.59 Å². The van der Waals surface area contributed by atoms with Crippen molar-refractivity contribution in [3.8, 4) is 0 Å². The molecular formula is C15H21N5O2. The maximum atomic E-state index is 11.9. The molecule has 1 aromatic heterocycles. The molecule has 7 heteroatoms. The number of piperazine rings is 2. The van der Waals surface area contributed by atoms with Crippen molar-refractivity contribution in [3.05, 3.63) is 23.8 Å². The molecule has 1 aromatic rings. The number of nitrogens with zero attached hydrogens (tertiary/aromatic N) is 4. The molecule has 3 heterocycles. The van der Waals surface area contributed by atoms with Gasteiger partial charge in [0.25, 0.3) is 0 Å². The smallest absolute Gasteiger partial charge is 0.244 e. The van der Waals surface area contributed by atoms with E-state index in [9.17, 15) is 9.59 Å². The van der Waals surface area contributed by atoms with Crippen LogP contribution in [0.4, 0.5) is 0 Å². The summed E-state index contributed by atoms with van der Waals surface area (Å²) in [6.07, 6.45) is 3.70. The van der Waals surface area contributed by atoms with Gasteiger partial charge in [0.1, 0.15) is 11.9 Å². The van der Waals surface area contributed by atoms with Crippen LogP contribution in [0.2, 0.25) is 0 Å². The molecule has 2 amide bonds. The fourth-order valence-electron chi connectivity index (χ4n) is 2.89. The number of nitrogens with one attached hydrogen (secondary N) is 1. The highest BCUT2D eigenvalue weighted by Crippen LogP contribution is 2.16. The second-order valence-corrected chi connectivity index (χ2v) is 6.16. The van der Waals surface area contributed by atoms with Gasteiger partial charge in [-0.25, -0.2) is 9.97 Å². The van der Waals surface area contributed by atoms with E-state index in [1.807, 2.05) is 12.4 Å². The molecule has 22 heavy (non-hydrogen) atoms. The molecule has 0 bridgehead atoms. The van der Waals surface area contributed by atoms with E-state index < -0.39 is 0 Å². The lowest BCUT2D eigenvalue weighted by Crippen LogP contribution is -2.65. The summed E-state index contributed by atoms with van der Waals surface area (Å²) < 4.78 is 0. The largest absolute Gasteiger partial charge is 0.345 e. The van der Waals surface area contributed by atoms with Crippen molar-refractivity contribution in [3.63, 3.8) is 0 Å². The highest BCUT2D eigenvalue weighted by Gasteiger charge is 2.38. The molecule has 1 N–H and O–H groups in total. The van der Waals surface area contributed by atoms with Crippen molar-refractivity contribution in [2.75, 3.05) is 26.2 Å². The first-order valence-electron chi connectivity index (χ1n) is 7.65. The summed E-state index contributed by atoms with van der Waals surface area (Å²) in [5.41, 5.74) is 1.03. The Morgan fingerprint density at radius 1 is 1.27 bits per heavy atom. The topological polar surface area (TPSA) is 78.4 Å². The standard InChI is InChI=1S/C15H21N5O2/c1-10(2)14-16-5-11(6-17-14)8-19-3-4-20-12(9-19)15(22)18-7-13(20)21/h5-6,10,12H,3-4,7-9H2,1-2H3,(H,18,22). The van der Waals surface area contributed by atoms with Crippen LogP contribution in [0.1, 0.15) is 31.2 Å². The lowest BCUT2D eigenvalue weighted by Gasteiger charge is -2.42. The van der Waals surface area contributed by atoms with E-state index >= 15 is 0 Å². The molecule has 1 unspecified atom stereocenters. The Bertz CT molecular complexity index is 572. The molecule has 7 nitrogen and oxygen atoms in total. The van der Waals surface area contributed by atoms with Gasteiger partial charge in [-0.15, -0.1) is 0 Å². The van der Waals surface area contributed by atoms with E-state index in [0.717, 1.165) is 17.9 Å². The van der Waals surface area contributed by atoms with Gasteiger partial charge in [0.2, 0.25) is 11.8 Å². The molecule has 0 radical (unpaired) electrons. The van der Waals surface area contributed by atoms with E-state index in [0.29, 0.717) is 25.6 Å². The second kappa shape index (κ2) is 6.00. The van der Waals surface area contributed by atoms with E-state index in [2.05, 4.69) is 34.0 Å². The van der Waals surface area contributed by atoms with E-state index in [1.54, 1.807) is 4.90 Å². The maximum absolute atomic E-state index is 11.9. The minimum absolute atomic E-state index is 0.00821. The van der Waals surface area contributed by atoms with E-state index in [4.69, 9.17) is 0 Å². The third-order valence-corrected chi connectivity index (χ3v) is 4.15. The zero-order chi connectivity index (χ0) is 15.7. The Kier molecular flexibility index (Phi) is 4.06. The summed E-state index contributed by atoms with van der Waals surface area (Å²) in [4.78, 5) is 36.4. The predicted octanol–water partition coefficient (Wildman–Crippen LogP) is -0.257. The number of carbonyl (C=O) groups excluding carboxylic acids is 2. The molecule has 2 saturated heterocycles. The fourth-order valence-corrected chi connectivity index (χ4v) is 2.89. The Morgan fingerprint density at radius 2 is 2.00 bits per heavy atom. The van der Waals surface area contributed by atoms with Crippen LogP contribution < -0.4 is 5.32 Å². The first-order chi connectivity index (χ1) is 10.5. The number of amides is 2. The van der Waals surface area contributed by atoms with E-state index in [1.165, 1.54) is 0 Å². The van der Waals surface area contributed by atoms with Crippen LogP contribution in [-0.4, -0.2) is 63.8 Å². The fraction of sp³-hybridized carbons (Fsp3) is 0.600. The molecule has 118 valence electrons. The van der Waals surface area contributed by atoms with E-state index in [-0.39, 0.29) is 24.4 Å². The summed E-state index contributed by atoms with van der Waals surface area (Å²) in [5, 5.41) is 2.65. The normalized spacial score (nSPS) is 22.7. The molecule has 0 saturated carbocycles. The minimum atomic E-state index is -0.370. The molecule has 1 atom stereocenters. The highest BCUT2D eigenvalue weighted by molar-refractivity contribution is 5.95. The first kappa shape index (κ1) is 14.9. The Labute approximate surface area is 129 Å². The molecule has 2 fully saturated rings. The van der Waals surface area contributed by atoms with Crippen LogP contribution in [0.5, 0.6) is 0 Å². The van der Waals surface area contributed by atoms with Crippen molar-refractivity contribution in [1.29, 1.82) is 0 Å². The van der Waals surface area contributed by atoms with Crippen LogP contribution in [0.25, 0.3) is 0 Å². The summed E-state index contributed by atoms with van der Waals surface area (Å²) >= 11 is 0. The van der Waals surface area contributed by atoms with Gasteiger partial charge in [0, 0.05) is 50.1 Å². The zero-order valence-electron chi connectivity index (χ0n) is 13.0. The van der Waals surface area contributed by atoms with Gasteiger partial charge < -0.3 is 10.2 Å². The second-order valence-electron chi connectivity index (χ2n) is 6.16. The van der Waals surface area contributed by atoms with Gasteiger partial charge in [0.15, 0.2) is 0 Å². The van der Waals surface area contributed by atoms with Gasteiger partial charge in [-0.3, -0.25) is 14.5 Å². The molecule has 0 spiro atoms. The van der Waals surface area contributed by atoms with Gasteiger partial charge >= 0.3 is 0 Å². The number of hydrogen-bond donors (Lipinski definition) is 1. The van der Waals surface area contributed by atoms with Crippen molar-refractivity contribution >= 4 is 11.8 Å². The van der Waals surface area contributed by atoms with Crippen LogP contribution in [-0.2, 0) is 16.1 Å².